The van der Waals surface area contributed by atoms with Crippen LogP contribution in [0.3, 0.4) is 0 Å². The zero-order valence-corrected chi connectivity index (χ0v) is 13.1. The van der Waals surface area contributed by atoms with Crippen LogP contribution < -0.4 is 4.72 Å². The van der Waals surface area contributed by atoms with Gasteiger partial charge in [-0.1, -0.05) is 23.8 Å². The molecule has 0 saturated carbocycles. The molecular formula is C12H14ClNO4S2. The number of halogens is 1. The first-order chi connectivity index (χ1) is 9.31. The lowest BCUT2D eigenvalue weighted by atomic mass is 9.90. The lowest BCUT2D eigenvalue weighted by molar-refractivity contribution is -0.142. The van der Waals surface area contributed by atoms with Gasteiger partial charge in [0, 0.05) is 6.04 Å². The first kappa shape index (κ1) is 15.5. The standard InChI is InChI=1S/C12H14ClNO4S2/c1-7-6-10(19-11(7)13)20(17,18)14-9-5-3-2-4-8(9)12(15)16/h2-3,6,8-9,14H,4-5H2,1H3,(H,15,16)/t8-,9+/m0/s1. The average Bonchev–Trinajstić information content (AvgIpc) is 2.70. The van der Waals surface area contributed by atoms with Crippen molar-refractivity contribution in [1.82, 2.24) is 4.72 Å². The van der Waals surface area contributed by atoms with Crippen molar-refractivity contribution in [3.05, 3.63) is 28.1 Å². The predicted molar refractivity (Wildman–Crippen MR) is 77.7 cm³/mol. The molecule has 0 aromatic carbocycles. The highest BCUT2D eigenvalue weighted by Gasteiger charge is 2.32. The topological polar surface area (TPSA) is 83.5 Å². The zero-order valence-electron chi connectivity index (χ0n) is 10.7. The first-order valence-corrected chi connectivity index (χ1v) is 8.65. The Bertz CT molecular complexity index is 631. The van der Waals surface area contributed by atoms with Crippen LogP contribution >= 0.6 is 22.9 Å². The lowest BCUT2D eigenvalue weighted by Gasteiger charge is -2.25. The fourth-order valence-corrected chi connectivity index (χ4v) is 5.05. The van der Waals surface area contributed by atoms with Crippen LogP contribution in [0, 0.1) is 12.8 Å². The molecule has 1 aliphatic rings. The van der Waals surface area contributed by atoms with Crippen molar-refractivity contribution >= 4 is 38.9 Å². The second kappa shape index (κ2) is 5.85. The molecule has 0 spiro atoms. The summed E-state index contributed by atoms with van der Waals surface area (Å²) in [5, 5.41) is 9.14. The summed E-state index contributed by atoms with van der Waals surface area (Å²) < 4.78 is 27.5. The van der Waals surface area contributed by atoms with Gasteiger partial charge in [0.05, 0.1) is 10.3 Å². The van der Waals surface area contributed by atoms with E-state index < -0.39 is 28.0 Å². The maximum atomic E-state index is 12.3. The highest BCUT2D eigenvalue weighted by Crippen LogP contribution is 2.31. The van der Waals surface area contributed by atoms with Crippen molar-refractivity contribution in [3.8, 4) is 0 Å². The molecule has 1 heterocycles. The van der Waals surface area contributed by atoms with E-state index >= 15 is 0 Å². The van der Waals surface area contributed by atoms with Crippen molar-refractivity contribution < 1.29 is 18.3 Å². The van der Waals surface area contributed by atoms with Gasteiger partial charge < -0.3 is 5.11 Å². The van der Waals surface area contributed by atoms with E-state index in [4.69, 9.17) is 16.7 Å². The Balaban J connectivity index is 2.23. The number of aliphatic carboxylic acids is 1. The molecule has 0 unspecified atom stereocenters. The number of nitrogens with one attached hydrogen (secondary N) is 1. The minimum atomic E-state index is -3.74. The van der Waals surface area contributed by atoms with Crippen LogP contribution in [-0.2, 0) is 14.8 Å². The Kier molecular flexibility index (Phi) is 4.53. The molecule has 8 heteroatoms. The van der Waals surface area contributed by atoms with Gasteiger partial charge in [-0.25, -0.2) is 13.1 Å². The molecule has 5 nitrogen and oxygen atoms in total. The van der Waals surface area contributed by atoms with Gasteiger partial charge in [-0.15, -0.1) is 11.3 Å². The Morgan fingerprint density at radius 2 is 2.10 bits per heavy atom. The summed E-state index contributed by atoms with van der Waals surface area (Å²) in [4.78, 5) is 11.2. The third-order valence-electron chi connectivity index (χ3n) is 3.16. The van der Waals surface area contributed by atoms with Gasteiger partial charge in [0.25, 0.3) is 0 Å². The Hall–Kier alpha value is -0.890. The summed E-state index contributed by atoms with van der Waals surface area (Å²) in [7, 11) is -3.74. The van der Waals surface area contributed by atoms with E-state index in [2.05, 4.69) is 4.72 Å². The van der Waals surface area contributed by atoms with Crippen LogP contribution in [0.1, 0.15) is 18.4 Å². The van der Waals surface area contributed by atoms with Crippen molar-refractivity contribution in [2.75, 3.05) is 0 Å². The van der Waals surface area contributed by atoms with Crippen molar-refractivity contribution in [2.24, 2.45) is 5.92 Å². The number of sulfonamides is 1. The van der Waals surface area contributed by atoms with Crippen LogP contribution in [0.4, 0.5) is 0 Å². The fourth-order valence-electron chi connectivity index (χ4n) is 2.04. The summed E-state index contributed by atoms with van der Waals surface area (Å²) in [6.07, 6.45) is 4.25. The van der Waals surface area contributed by atoms with Crippen LogP contribution in [0.15, 0.2) is 22.4 Å². The number of hydrogen-bond acceptors (Lipinski definition) is 4. The van der Waals surface area contributed by atoms with Gasteiger partial charge in [0.1, 0.15) is 4.21 Å². The quantitative estimate of drug-likeness (QED) is 0.828. The van der Waals surface area contributed by atoms with Gasteiger partial charge in [0.2, 0.25) is 10.0 Å². The normalized spacial score (nSPS) is 22.9. The van der Waals surface area contributed by atoms with Gasteiger partial charge in [-0.05, 0) is 31.4 Å². The second-order valence-corrected chi connectivity index (χ2v) is 8.23. The summed E-state index contributed by atoms with van der Waals surface area (Å²) in [5.41, 5.74) is 0.690. The molecular weight excluding hydrogens is 322 g/mol. The molecule has 1 aromatic rings. The fraction of sp³-hybridized carbons (Fsp3) is 0.417. The molecule has 110 valence electrons. The molecule has 2 N–H and O–H groups in total. The van der Waals surface area contributed by atoms with Crippen molar-refractivity contribution in [3.63, 3.8) is 0 Å². The zero-order chi connectivity index (χ0) is 14.9. The molecule has 2 atom stereocenters. The van der Waals surface area contributed by atoms with Gasteiger partial charge >= 0.3 is 5.97 Å². The third-order valence-corrected chi connectivity index (χ3v) is 6.67. The monoisotopic (exact) mass is 335 g/mol. The van der Waals surface area contributed by atoms with Crippen molar-refractivity contribution in [1.29, 1.82) is 0 Å². The number of allylic oxidation sites excluding steroid dienone is 1. The van der Waals surface area contributed by atoms with Gasteiger partial charge in [-0.3, -0.25) is 4.79 Å². The predicted octanol–water partition coefficient (Wildman–Crippen LogP) is 2.41. The minimum Gasteiger partial charge on any atom is -0.481 e. The minimum absolute atomic E-state index is 0.110. The highest BCUT2D eigenvalue weighted by molar-refractivity contribution is 7.91. The van der Waals surface area contributed by atoms with Crippen LogP contribution in [0.5, 0.6) is 0 Å². The van der Waals surface area contributed by atoms with Crippen LogP contribution in [0.25, 0.3) is 0 Å². The van der Waals surface area contributed by atoms with Crippen LogP contribution in [-0.4, -0.2) is 25.5 Å². The molecule has 1 aliphatic carbocycles. The highest BCUT2D eigenvalue weighted by atomic mass is 35.5. The second-order valence-electron chi connectivity index (χ2n) is 4.64. The van der Waals surface area contributed by atoms with Crippen molar-refractivity contribution in [2.45, 2.75) is 30.0 Å². The number of carboxylic acids is 1. The van der Waals surface area contributed by atoms with E-state index in [9.17, 15) is 13.2 Å². The Morgan fingerprint density at radius 1 is 1.45 bits per heavy atom. The number of carboxylic acid groups (broad SMARTS) is 1. The molecule has 2 rings (SSSR count). The molecule has 0 bridgehead atoms. The number of carbonyl (C=O) groups is 1. The maximum Gasteiger partial charge on any atom is 0.308 e. The Labute approximate surface area is 126 Å². The third kappa shape index (κ3) is 3.22. The maximum absolute atomic E-state index is 12.3. The molecule has 0 saturated heterocycles. The van der Waals surface area contributed by atoms with E-state index in [-0.39, 0.29) is 4.21 Å². The Morgan fingerprint density at radius 3 is 2.65 bits per heavy atom. The number of hydrogen-bond donors (Lipinski definition) is 2. The van der Waals surface area contributed by atoms with E-state index in [0.717, 1.165) is 11.3 Å². The lowest BCUT2D eigenvalue weighted by Crippen LogP contribution is -2.43. The molecule has 0 aliphatic heterocycles. The van der Waals surface area contributed by atoms with Gasteiger partial charge in [0.15, 0.2) is 0 Å². The van der Waals surface area contributed by atoms with E-state index in [1.54, 1.807) is 19.1 Å². The molecule has 1 aromatic heterocycles. The van der Waals surface area contributed by atoms with E-state index in [1.165, 1.54) is 6.07 Å². The van der Waals surface area contributed by atoms with Crippen LogP contribution in [0.2, 0.25) is 4.34 Å². The summed E-state index contributed by atoms with van der Waals surface area (Å²) >= 11 is 6.85. The summed E-state index contributed by atoms with van der Waals surface area (Å²) in [5.74, 6) is -1.74. The average molecular weight is 336 g/mol. The van der Waals surface area contributed by atoms with Gasteiger partial charge in [-0.2, -0.15) is 0 Å². The van der Waals surface area contributed by atoms with E-state index in [1.807, 2.05) is 0 Å². The summed E-state index contributed by atoms with van der Waals surface area (Å²) in [6.45, 7) is 1.72. The molecule has 0 fully saturated rings. The molecule has 20 heavy (non-hydrogen) atoms. The molecule has 0 amide bonds. The number of aryl methyl sites for hydroxylation is 1. The number of rotatable bonds is 4. The number of thiophene rings is 1. The summed E-state index contributed by atoms with van der Waals surface area (Å²) in [6, 6.07) is 0.854. The largest absolute Gasteiger partial charge is 0.481 e. The molecule has 0 radical (unpaired) electrons. The smallest absolute Gasteiger partial charge is 0.308 e. The van der Waals surface area contributed by atoms with E-state index in [0.29, 0.717) is 22.7 Å². The SMILES string of the molecule is Cc1cc(S(=O)(=O)N[C@@H]2CC=CC[C@@H]2C(=O)O)sc1Cl. The first-order valence-electron chi connectivity index (χ1n) is 5.97.